The molecule has 2 aromatic rings. The highest BCUT2D eigenvalue weighted by Gasteiger charge is 2.15. The van der Waals surface area contributed by atoms with Crippen LogP contribution in [0.4, 0.5) is 26.2 Å². The summed E-state index contributed by atoms with van der Waals surface area (Å²) in [5.41, 5.74) is 0.0828. The molecule has 3 rings (SSSR count). The van der Waals surface area contributed by atoms with E-state index in [0.29, 0.717) is 12.4 Å². The van der Waals surface area contributed by atoms with E-state index in [4.69, 9.17) is 4.74 Å². The maximum atomic E-state index is 13.6. The number of rotatable bonds is 5. The fourth-order valence-electron chi connectivity index (χ4n) is 2.18. The molecule has 6 nitrogen and oxygen atoms in total. The van der Waals surface area contributed by atoms with Crippen LogP contribution < -0.4 is 10.6 Å². The van der Waals surface area contributed by atoms with E-state index in [1.165, 1.54) is 12.3 Å². The van der Waals surface area contributed by atoms with Crippen molar-refractivity contribution in [1.29, 1.82) is 0 Å². The lowest BCUT2D eigenvalue weighted by atomic mass is 10.2. The van der Waals surface area contributed by atoms with Gasteiger partial charge in [0.2, 0.25) is 5.95 Å². The van der Waals surface area contributed by atoms with E-state index in [9.17, 15) is 8.78 Å². The van der Waals surface area contributed by atoms with E-state index < -0.39 is 11.6 Å². The van der Waals surface area contributed by atoms with Crippen molar-refractivity contribution in [2.75, 3.05) is 23.8 Å². The average molecular weight is 307 g/mol. The molecule has 0 radical (unpaired) electrons. The third-order valence-electron chi connectivity index (χ3n) is 3.27. The minimum atomic E-state index is -0.721. The summed E-state index contributed by atoms with van der Waals surface area (Å²) in [4.78, 5) is 4.18. The zero-order valence-corrected chi connectivity index (χ0v) is 11.7. The molecular weight excluding hydrogens is 292 g/mol. The van der Waals surface area contributed by atoms with E-state index in [1.54, 1.807) is 0 Å². The highest BCUT2D eigenvalue weighted by Crippen LogP contribution is 2.19. The lowest BCUT2D eigenvalue weighted by Crippen LogP contribution is -2.19. The van der Waals surface area contributed by atoms with Crippen LogP contribution in [0.5, 0.6) is 0 Å². The topological polar surface area (TPSA) is 72.0 Å². The number of benzene rings is 1. The standard InChI is InChI=1S/C14H15F2N5O/c15-9-3-4-12(11(16)6-9)19-14-20-13(8-18-21-14)17-7-10-2-1-5-22-10/h3-4,6,8,10H,1-2,5,7H2,(H2,17,19,20,21). The zero-order valence-electron chi connectivity index (χ0n) is 11.7. The molecule has 1 aliphatic rings. The average Bonchev–Trinajstić information content (AvgIpc) is 3.02. The maximum Gasteiger partial charge on any atom is 0.249 e. The first kappa shape index (κ1) is 14.6. The van der Waals surface area contributed by atoms with Gasteiger partial charge in [-0.2, -0.15) is 10.1 Å². The Morgan fingerprint density at radius 1 is 1.32 bits per heavy atom. The molecule has 0 amide bonds. The molecule has 2 heterocycles. The Kier molecular flexibility index (Phi) is 4.38. The molecular formula is C14H15F2N5O. The number of halogens is 2. The molecule has 8 heteroatoms. The van der Waals surface area contributed by atoms with Gasteiger partial charge in [-0.1, -0.05) is 0 Å². The van der Waals surface area contributed by atoms with Crippen molar-refractivity contribution in [3.05, 3.63) is 36.0 Å². The van der Waals surface area contributed by atoms with Gasteiger partial charge in [0.15, 0.2) is 5.82 Å². The van der Waals surface area contributed by atoms with Gasteiger partial charge in [-0.3, -0.25) is 0 Å². The van der Waals surface area contributed by atoms with Gasteiger partial charge >= 0.3 is 0 Å². The summed E-state index contributed by atoms with van der Waals surface area (Å²) >= 11 is 0. The van der Waals surface area contributed by atoms with Gasteiger partial charge in [0.25, 0.3) is 0 Å². The summed E-state index contributed by atoms with van der Waals surface area (Å²) in [6, 6.07) is 3.22. The highest BCUT2D eigenvalue weighted by atomic mass is 19.1. The Bertz CT molecular complexity index is 649. The number of nitrogens with zero attached hydrogens (tertiary/aromatic N) is 3. The first-order valence-electron chi connectivity index (χ1n) is 6.98. The van der Waals surface area contributed by atoms with Gasteiger partial charge in [-0.25, -0.2) is 8.78 Å². The van der Waals surface area contributed by atoms with Gasteiger partial charge in [0, 0.05) is 19.2 Å². The second-order valence-corrected chi connectivity index (χ2v) is 4.93. The molecule has 0 aliphatic carbocycles. The SMILES string of the molecule is Fc1ccc(Nc2nncc(NCC3CCCO3)n2)c(F)c1. The van der Waals surface area contributed by atoms with Crippen molar-refractivity contribution in [1.82, 2.24) is 15.2 Å². The van der Waals surface area contributed by atoms with Crippen molar-refractivity contribution >= 4 is 17.5 Å². The van der Waals surface area contributed by atoms with Crippen LogP contribution in [0.15, 0.2) is 24.4 Å². The number of anilines is 3. The van der Waals surface area contributed by atoms with E-state index in [0.717, 1.165) is 31.6 Å². The maximum absolute atomic E-state index is 13.6. The first-order valence-corrected chi connectivity index (χ1v) is 6.98. The molecule has 1 fully saturated rings. The van der Waals surface area contributed by atoms with Gasteiger partial charge in [-0.05, 0) is 25.0 Å². The van der Waals surface area contributed by atoms with E-state index in [1.807, 2.05) is 0 Å². The van der Waals surface area contributed by atoms with E-state index >= 15 is 0 Å². The molecule has 2 N–H and O–H groups in total. The van der Waals surface area contributed by atoms with Gasteiger partial charge in [-0.15, -0.1) is 5.10 Å². The number of hydrogen-bond acceptors (Lipinski definition) is 6. The summed E-state index contributed by atoms with van der Waals surface area (Å²) in [6.07, 6.45) is 3.71. The van der Waals surface area contributed by atoms with Crippen molar-refractivity contribution in [2.24, 2.45) is 0 Å². The normalized spacial score (nSPS) is 17.5. The molecule has 1 saturated heterocycles. The second kappa shape index (κ2) is 6.61. The number of hydrogen-bond donors (Lipinski definition) is 2. The molecule has 1 atom stereocenters. The Balaban J connectivity index is 1.65. The smallest absolute Gasteiger partial charge is 0.249 e. The zero-order chi connectivity index (χ0) is 15.4. The van der Waals surface area contributed by atoms with E-state index in [2.05, 4.69) is 25.8 Å². The van der Waals surface area contributed by atoms with Crippen LogP contribution in [0.25, 0.3) is 0 Å². The molecule has 0 spiro atoms. The lowest BCUT2D eigenvalue weighted by molar-refractivity contribution is 0.120. The Hall–Kier alpha value is -2.35. The van der Waals surface area contributed by atoms with Crippen LogP contribution in [0.2, 0.25) is 0 Å². The second-order valence-electron chi connectivity index (χ2n) is 4.93. The monoisotopic (exact) mass is 307 g/mol. The minimum absolute atomic E-state index is 0.0828. The first-order chi connectivity index (χ1) is 10.7. The fourth-order valence-corrected chi connectivity index (χ4v) is 2.18. The number of ether oxygens (including phenoxy) is 1. The molecule has 1 aliphatic heterocycles. The van der Waals surface area contributed by atoms with Crippen molar-refractivity contribution in [3.8, 4) is 0 Å². The third kappa shape index (κ3) is 3.64. The van der Waals surface area contributed by atoms with Gasteiger partial charge in [0.05, 0.1) is 18.0 Å². The van der Waals surface area contributed by atoms with Crippen LogP contribution in [-0.4, -0.2) is 34.4 Å². The van der Waals surface area contributed by atoms with Gasteiger partial charge in [0.1, 0.15) is 11.6 Å². The van der Waals surface area contributed by atoms with Crippen molar-refractivity contribution in [2.45, 2.75) is 18.9 Å². The number of aromatic nitrogens is 3. The summed E-state index contributed by atoms with van der Waals surface area (Å²) in [6.45, 7) is 1.41. The minimum Gasteiger partial charge on any atom is -0.376 e. The Morgan fingerprint density at radius 3 is 3.00 bits per heavy atom. The molecule has 22 heavy (non-hydrogen) atoms. The summed E-state index contributed by atoms with van der Waals surface area (Å²) in [5.74, 6) is -0.728. The summed E-state index contributed by atoms with van der Waals surface area (Å²) in [7, 11) is 0. The Morgan fingerprint density at radius 2 is 2.23 bits per heavy atom. The summed E-state index contributed by atoms with van der Waals surface area (Å²) in [5, 5.41) is 13.3. The van der Waals surface area contributed by atoms with Crippen molar-refractivity contribution < 1.29 is 13.5 Å². The molecule has 1 unspecified atom stereocenters. The Labute approximate surface area is 125 Å². The van der Waals surface area contributed by atoms with Crippen molar-refractivity contribution in [3.63, 3.8) is 0 Å². The van der Waals surface area contributed by atoms with Crippen LogP contribution in [0.3, 0.4) is 0 Å². The number of nitrogens with one attached hydrogen (secondary N) is 2. The quantitative estimate of drug-likeness (QED) is 0.884. The molecule has 0 bridgehead atoms. The third-order valence-corrected chi connectivity index (χ3v) is 3.27. The highest BCUT2D eigenvalue weighted by molar-refractivity contribution is 5.54. The largest absolute Gasteiger partial charge is 0.376 e. The predicted molar refractivity (Wildman–Crippen MR) is 76.9 cm³/mol. The fraction of sp³-hybridized carbons (Fsp3) is 0.357. The summed E-state index contributed by atoms with van der Waals surface area (Å²) < 4.78 is 31.9. The van der Waals surface area contributed by atoms with Crippen LogP contribution in [-0.2, 0) is 4.74 Å². The molecule has 0 saturated carbocycles. The lowest BCUT2D eigenvalue weighted by Gasteiger charge is -2.11. The molecule has 1 aromatic carbocycles. The van der Waals surface area contributed by atoms with Crippen LogP contribution in [0, 0.1) is 11.6 Å². The van der Waals surface area contributed by atoms with Crippen LogP contribution >= 0.6 is 0 Å². The van der Waals surface area contributed by atoms with E-state index in [-0.39, 0.29) is 17.7 Å². The molecule has 1 aromatic heterocycles. The van der Waals surface area contributed by atoms with Gasteiger partial charge < -0.3 is 15.4 Å². The predicted octanol–water partition coefficient (Wildman–Crippen LogP) is 2.48. The molecule has 116 valence electrons. The van der Waals surface area contributed by atoms with Crippen LogP contribution in [0.1, 0.15) is 12.8 Å².